The number of hydrogen-bond acceptors (Lipinski definition) is 3. The van der Waals surface area contributed by atoms with Crippen LogP contribution in [0.4, 0.5) is 0 Å². The minimum Gasteiger partial charge on any atom is -0.389 e. The first-order chi connectivity index (χ1) is 13.6. The van der Waals surface area contributed by atoms with Gasteiger partial charge in [0.1, 0.15) is 5.78 Å². The first-order valence-corrected chi connectivity index (χ1v) is 14.3. The topological polar surface area (TPSA) is 35.5 Å². The van der Waals surface area contributed by atoms with Gasteiger partial charge in [-0.15, -0.1) is 0 Å². The molecule has 29 heavy (non-hydrogen) atoms. The van der Waals surface area contributed by atoms with Crippen molar-refractivity contribution in [3.05, 3.63) is 35.9 Å². The fourth-order valence-electron chi connectivity index (χ4n) is 4.87. The lowest BCUT2D eigenvalue weighted by Crippen LogP contribution is -2.47. The molecule has 3 unspecified atom stereocenters. The third-order valence-electron chi connectivity index (χ3n) is 7.86. The second-order valence-electron chi connectivity index (χ2n) is 10.7. The van der Waals surface area contributed by atoms with Crippen molar-refractivity contribution in [3.63, 3.8) is 0 Å². The number of hydrogen-bond donors (Lipinski definition) is 0. The predicted molar refractivity (Wildman–Crippen MR) is 122 cm³/mol. The Morgan fingerprint density at radius 3 is 2.41 bits per heavy atom. The third-order valence-corrected chi connectivity index (χ3v) is 12.3. The summed E-state index contributed by atoms with van der Waals surface area (Å²) >= 11 is 0. The van der Waals surface area contributed by atoms with Crippen LogP contribution in [0.15, 0.2) is 30.3 Å². The molecule has 2 aliphatic carbocycles. The molecule has 0 spiro atoms. The van der Waals surface area contributed by atoms with E-state index in [9.17, 15) is 4.79 Å². The van der Waals surface area contributed by atoms with E-state index in [1.54, 1.807) is 0 Å². The molecule has 2 fully saturated rings. The molecular formula is C25H40O3Si. The number of ketones is 1. The van der Waals surface area contributed by atoms with Crippen LogP contribution < -0.4 is 0 Å². The van der Waals surface area contributed by atoms with Crippen molar-refractivity contribution in [2.45, 2.75) is 101 Å². The Balaban J connectivity index is 1.79. The lowest BCUT2D eigenvalue weighted by molar-refractivity contribution is -0.124. The van der Waals surface area contributed by atoms with Gasteiger partial charge in [-0.3, -0.25) is 4.79 Å². The van der Waals surface area contributed by atoms with E-state index in [2.05, 4.69) is 64.2 Å². The molecule has 2 saturated carbocycles. The van der Waals surface area contributed by atoms with Gasteiger partial charge in [0, 0.05) is 25.9 Å². The van der Waals surface area contributed by atoms with Gasteiger partial charge in [0.15, 0.2) is 14.1 Å². The molecule has 0 aromatic heterocycles. The van der Waals surface area contributed by atoms with E-state index in [0.717, 1.165) is 44.9 Å². The minimum absolute atomic E-state index is 0.101. The van der Waals surface area contributed by atoms with E-state index < -0.39 is 14.1 Å². The zero-order valence-electron chi connectivity index (χ0n) is 19.3. The van der Waals surface area contributed by atoms with Crippen LogP contribution in [-0.4, -0.2) is 27.0 Å². The number of carbonyl (C=O) groups is 1. The van der Waals surface area contributed by atoms with Gasteiger partial charge in [-0.2, -0.15) is 0 Å². The van der Waals surface area contributed by atoms with Crippen LogP contribution in [0.1, 0.15) is 77.7 Å². The van der Waals surface area contributed by atoms with Crippen LogP contribution in [-0.2, 0) is 19.4 Å². The maximum Gasteiger partial charge on any atom is 0.195 e. The zero-order chi connectivity index (χ0) is 21.3. The highest BCUT2D eigenvalue weighted by molar-refractivity contribution is 6.74. The van der Waals surface area contributed by atoms with Crippen molar-refractivity contribution in [1.29, 1.82) is 0 Å². The number of benzene rings is 1. The smallest absolute Gasteiger partial charge is 0.195 e. The lowest BCUT2D eigenvalue weighted by atomic mass is 9.82. The number of methoxy groups -OCH3 is 1. The zero-order valence-corrected chi connectivity index (χ0v) is 20.3. The molecule has 4 heteroatoms. The van der Waals surface area contributed by atoms with E-state index in [0.29, 0.717) is 5.78 Å². The quantitative estimate of drug-likeness (QED) is 0.353. The molecule has 0 amide bonds. The Morgan fingerprint density at radius 2 is 1.83 bits per heavy atom. The monoisotopic (exact) mass is 416 g/mol. The second kappa shape index (κ2) is 8.28. The van der Waals surface area contributed by atoms with Crippen molar-refractivity contribution in [2.24, 2.45) is 5.92 Å². The van der Waals surface area contributed by atoms with Gasteiger partial charge >= 0.3 is 0 Å². The summed E-state index contributed by atoms with van der Waals surface area (Å²) in [7, 11) is -0.174. The molecule has 0 aliphatic heterocycles. The van der Waals surface area contributed by atoms with Gasteiger partial charge in [-0.25, -0.2) is 0 Å². The minimum atomic E-state index is -1.98. The van der Waals surface area contributed by atoms with Crippen LogP contribution in [0.2, 0.25) is 18.1 Å². The number of carbonyl (C=O) groups excluding carboxylic acids is 1. The molecular weight excluding hydrogens is 376 g/mol. The van der Waals surface area contributed by atoms with Crippen molar-refractivity contribution in [1.82, 2.24) is 0 Å². The van der Waals surface area contributed by atoms with E-state index >= 15 is 0 Å². The predicted octanol–water partition coefficient (Wildman–Crippen LogP) is 6.62. The summed E-state index contributed by atoms with van der Waals surface area (Å²) in [5.41, 5.74) is 1.21. The van der Waals surface area contributed by atoms with Gasteiger partial charge in [-0.05, 0) is 49.4 Å². The number of rotatable bonds is 8. The van der Waals surface area contributed by atoms with Crippen LogP contribution in [0.5, 0.6) is 0 Å². The van der Waals surface area contributed by atoms with Crippen molar-refractivity contribution in [2.75, 3.05) is 7.11 Å². The molecule has 0 bridgehead atoms. The Labute approximate surface area is 178 Å². The van der Waals surface area contributed by atoms with Crippen molar-refractivity contribution < 1.29 is 14.0 Å². The molecule has 2 aliphatic rings. The lowest BCUT2D eigenvalue weighted by Gasteiger charge is -2.41. The highest BCUT2D eigenvalue weighted by atomic mass is 28.4. The maximum atomic E-state index is 12.3. The Morgan fingerprint density at radius 1 is 1.14 bits per heavy atom. The first kappa shape index (κ1) is 22.7. The molecule has 0 N–H and O–H groups in total. The SMILES string of the molecule is COC1(O[Si](C)(C)C(C)(C)C)CC1(CCCC1CCCCC1=O)c1ccccc1. The summed E-state index contributed by atoms with van der Waals surface area (Å²) in [5.74, 6) is 0.221. The normalized spacial score (nSPS) is 30.4. The fraction of sp³-hybridized carbons (Fsp3) is 0.720. The van der Waals surface area contributed by atoms with E-state index in [-0.39, 0.29) is 16.4 Å². The Bertz CT molecular complexity index is 709. The summed E-state index contributed by atoms with van der Waals surface area (Å²) in [6.07, 6.45) is 8.13. The second-order valence-corrected chi connectivity index (χ2v) is 15.5. The van der Waals surface area contributed by atoms with Crippen LogP contribution in [0.25, 0.3) is 0 Å². The average molecular weight is 417 g/mol. The Hall–Kier alpha value is -0.973. The van der Waals surface area contributed by atoms with Crippen LogP contribution in [0, 0.1) is 5.92 Å². The largest absolute Gasteiger partial charge is 0.389 e. The third kappa shape index (κ3) is 4.40. The summed E-state index contributed by atoms with van der Waals surface area (Å²) < 4.78 is 13.1. The maximum absolute atomic E-state index is 12.3. The van der Waals surface area contributed by atoms with Gasteiger partial charge in [-0.1, -0.05) is 63.9 Å². The van der Waals surface area contributed by atoms with Crippen molar-refractivity contribution >= 4 is 14.1 Å². The van der Waals surface area contributed by atoms with E-state index in [1.165, 1.54) is 12.0 Å². The molecule has 1 aromatic carbocycles. The molecule has 0 heterocycles. The summed E-state index contributed by atoms with van der Waals surface area (Å²) in [6, 6.07) is 10.8. The van der Waals surface area contributed by atoms with E-state index in [1.807, 2.05) is 7.11 Å². The molecule has 3 nitrogen and oxygen atoms in total. The van der Waals surface area contributed by atoms with Crippen LogP contribution >= 0.6 is 0 Å². The number of Topliss-reactive ketones (excluding diaryl/α,β-unsaturated/α-hetero) is 1. The molecule has 3 atom stereocenters. The molecule has 0 saturated heterocycles. The Kier molecular flexibility index (Phi) is 6.48. The van der Waals surface area contributed by atoms with Gasteiger partial charge in [0.05, 0.1) is 5.41 Å². The fourth-order valence-corrected chi connectivity index (χ4v) is 6.36. The molecule has 0 radical (unpaired) electrons. The molecule has 1 aromatic rings. The summed E-state index contributed by atoms with van der Waals surface area (Å²) in [5, 5.41) is 0.137. The standard InChI is InChI=1S/C25H40O3Si/c1-23(2,3)29(5,6)28-25(27-4)19-24(25,21-15-8-7-9-16-21)18-12-14-20-13-10-11-17-22(20)26/h7-9,15-16,20H,10-14,17-19H2,1-6H3. The van der Waals surface area contributed by atoms with E-state index in [4.69, 9.17) is 9.16 Å². The van der Waals surface area contributed by atoms with Gasteiger partial charge in [0.25, 0.3) is 0 Å². The summed E-state index contributed by atoms with van der Waals surface area (Å²) in [6.45, 7) is 11.5. The molecule has 3 rings (SSSR count). The highest BCUT2D eigenvalue weighted by Gasteiger charge is 2.72. The van der Waals surface area contributed by atoms with Gasteiger partial charge in [0.2, 0.25) is 0 Å². The number of ether oxygens (including phenoxy) is 1. The summed E-state index contributed by atoms with van der Waals surface area (Å²) in [4.78, 5) is 12.3. The highest BCUT2D eigenvalue weighted by Crippen LogP contribution is 2.65. The van der Waals surface area contributed by atoms with Crippen LogP contribution in [0.3, 0.4) is 0 Å². The molecule has 162 valence electrons. The average Bonchev–Trinajstić information content (AvgIpc) is 3.31. The van der Waals surface area contributed by atoms with Gasteiger partial charge < -0.3 is 9.16 Å². The van der Waals surface area contributed by atoms with Crippen molar-refractivity contribution in [3.8, 4) is 0 Å². The first-order valence-electron chi connectivity index (χ1n) is 11.4.